The Morgan fingerprint density at radius 1 is 1.17 bits per heavy atom. The molecule has 0 aliphatic carbocycles. The molecule has 0 saturated heterocycles. The number of hydrogen-bond donors (Lipinski definition) is 1. The monoisotopic (exact) mass is 397 g/mol. The summed E-state index contributed by atoms with van der Waals surface area (Å²) in [6, 6.07) is 16.6. The van der Waals surface area contributed by atoms with E-state index in [9.17, 15) is 15.4 Å². The van der Waals surface area contributed by atoms with Crippen LogP contribution >= 0.6 is 0 Å². The third-order valence-corrected chi connectivity index (χ3v) is 5.10. The van der Waals surface area contributed by atoms with Gasteiger partial charge in [-0.2, -0.15) is 5.26 Å². The summed E-state index contributed by atoms with van der Waals surface area (Å²) in [4.78, 5) is 18.3. The third-order valence-electron chi connectivity index (χ3n) is 5.10. The van der Waals surface area contributed by atoms with Gasteiger partial charge in [-0.25, -0.2) is 4.98 Å². The number of aromatic nitrogens is 3. The van der Waals surface area contributed by atoms with Crippen molar-refractivity contribution in [1.82, 2.24) is 14.5 Å². The van der Waals surface area contributed by atoms with Gasteiger partial charge in [-0.15, -0.1) is 0 Å². The van der Waals surface area contributed by atoms with Crippen LogP contribution in [0.15, 0.2) is 48.5 Å². The lowest BCUT2D eigenvalue weighted by Crippen LogP contribution is -1.99. The van der Waals surface area contributed by atoms with Crippen LogP contribution in [-0.2, 0) is 0 Å². The number of hydrogen-bond acceptors (Lipinski definition) is 4. The molecule has 0 aliphatic heterocycles. The highest BCUT2D eigenvalue weighted by atomic mass is 16.6. The molecule has 0 fully saturated rings. The standard InChI is InChI=1S/C23H19N5O2/c1-14-4-9-21-22(10-14)26-23(25-21)18(13-24)12-17-11-15(2)27(16(17)3)19-5-7-20(8-6-19)28(29)30/h4-12H,1-3H3,(H,25,26). The quantitative estimate of drug-likeness (QED) is 0.289. The van der Waals surface area contributed by atoms with Gasteiger partial charge in [0.05, 0.1) is 21.5 Å². The van der Waals surface area contributed by atoms with Gasteiger partial charge in [0.1, 0.15) is 11.9 Å². The van der Waals surface area contributed by atoms with Gasteiger partial charge in [-0.3, -0.25) is 10.1 Å². The molecule has 2 aromatic heterocycles. The minimum absolute atomic E-state index is 0.0493. The molecule has 0 atom stereocenters. The third kappa shape index (κ3) is 3.35. The van der Waals surface area contributed by atoms with Crippen LogP contribution in [0.5, 0.6) is 0 Å². The molecule has 30 heavy (non-hydrogen) atoms. The van der Waals surface area contributed by atoms with E-state index in [1.54, 1.807) is 12.1 Å². The molecule has 4 rings (SSSR count). The largest absolute Gasteiger partial charge is 0.337 e. The maximum atomic E-state index is 10.9. The van der Waals surface area contributed by atoms with Crippen molar-refractivity contribution >= 4 is 28.4 Å². The summed E-state index contributed by atoms with van der Waals surface area (Å²) in [5.41, 5.74) is 6.92. The van der Waals surface area contributed by atoms with Crippen molar-refractivity contribution in [2.75, 3.05) is 0 Å². The second-order valence-corrected chi connectivity index (χ2v) is 7.21. The van der Waals surface area contributed by atoms with E-state index < -0.39 is 4.92 Å². The summed E-state index contributed by atoms with van der Waals surface area (Å²) < 4.78 is 2.01. The smallest absolute Gasteiger partial charge is 0.269 e. The van der Waals surface area contributed by atoms with E-state index in [0.29, 0.717) is 11.4 Å². The van der Waals surface area contributed by atoms with Crippen LogP contribution in [0.1, 0.15) is 28.3 Å². The first kappa shape index (κ1) is 19.2. The van der Waals surface area contributed by atoms with Gasteiger partial charge >= 0.3 is 0 Å². The molecule has 148 valence electrons. The highest BCUT2D eigenvalue weighted by molar-refractivity contribution is 5.91. The first-order valence-corrected chi connectivity index (χ1v) is 9.39. The zero-order chi connectivity index (χ0) is 21.4. The highest BCUT2D eigenvalue weighted by Gasteiger charge is 2.14. The molecule has 2 heterocycles. The molecule has 4 aromatic rings. The second kappa shape index (κ2) is 7.33. The van der Waals surface area contributed by atoms with Gasteiger partial charge < -0.3 is 9.55 Å². The molecule has 0 unspecified atom stereocenters. The molecule has 1 N–H and O–H groups in total. The van der Waals surface area contributed by atoms with Crippen molar-refractivity contribution in [2.24, 2.45) is 0 Å². The van der Waals surface area contributed by atoms with E-state index in [1.165, 1.54) is 12.1 Å². The lowest BCUT2D eigenvalue weighted by atomic mass is 10.1. The SMILES string of the molecule is Cc1ccc2nc(C(C#N)=Cc3cc(C)n(-c4ccc([N+](=O)[O-])cc4)c3C)[nH]c2c1. The van der Waals surface area contributed by atoms with E-state index in [0.717, 1.165) is 39.2 Å². The highest BCUT2D eigenvalue weighted by Crippen LogP contribution is 2.26. The van der Waals surface area contributed by atoms with Crippen molar-refractivity contribution < 1.29 is 4.92 Å². The lowest BCUT2D eigenvalue weighted by Gasteiger charge is -2.09. The number of fused-ring (bicyclic) bond motifs is 1. The van der Waals surface area contributed by atoms with E-state index in [-0.39, 0.29) is 5.69 Å². The van der Waals surface area contributed by atoms with Crippen molar-refractivity contribution in [3.05, 3.63) is 87.0 Å². The summed E-state index contributed by atoms with van der Waals surface area (Å²) in [5, 5.41) is 20.6. The number of allylic oxidation sites excluding steroid dienone is 1. The Hall–Kier alpha value is -4.18. The van der Waals surface area contributed by atoms with Gasteiger partial charge in [0.25, 0.3) is 5.69 Å². The van der Waals surface area contributed by atoms with Gasteiger partial charge in [-0.1, -0.05) is 6.07 Å². The van der Waals surface area contributed by atoms with Gasteiger partial charge in [0, 0.05) is 29.2 Å². The van der Waals surface area contributed by atoms with E-state index in [1.807, 2.05) is 55.7 Å². The Bertz CT molecular complexity index is 1350. The molecule has 0 aliphatic rings. The minimum atomic E-state index is -0.415. The van der Waals surface area contributed by atoms with Crippen molar-refractivity contribution in [1.29, 1.82) is 5.26 Å². The first-order valence-electron chi connectivity index (χ1n) is 9.39. The number of benzene rings is 2. The zero-order valence-electron chi connectivity index (χ0n) is 16.8. The fraction of sp³-hybridized carbons (Fsp3) is 0.130. The maximum absolute atomic E-state index is 10.9. The summed E-state index contributed by atoms with van der Waals surface area (Å²) >= 11 is 0. The number of non-ortho nitro benzene ring substituents is 1. The Balaban J connectivity index is 1.76. The number of nitrogens with one attached hydrogen (secondary N) is 1. The van der Waals surface area contributed by atoms with Gasteiger partial charge in [0.2, 0.25) is 0 Å². The number of rotatable bonds is 4. The molecule has 7 heteroatoms. The Morgan fingerprint density at radius 2 is 1.90 bits per heavy atom. The van der Waals surface area contributed by atoms with Crippen LogP contribution in [0.4, 0.5) is 5.69 Å². The number of nitro benzene ring substituents is 1. The number of H-pyrrole nitrogens is 1. The second-order valence-electron chi connectivity index (χ2n) is 7.21. The van der Waals surface area contributed by atoms with Crippen LogP contribution in [0.3, 0.4) is 0 Å². The Labute approximate surface area is 173 Å². The average molecular weight is 397 g/mol. The van der Waals surface area contributed by atoms with Crippen LogP contribution in [0.2, 0.25) is 0 Å². The molecular formula is C23H19N5O2. The van der Waals surface area contributed by atoms with Crippen molar-refractivity contribution in [2.45, 2.75) is 20.8 Å². The molecule has 0 amide bonds. The molecule has 0 saturated carbocycles. The lowest BCUT2D eigenvalue weighted by molar-refractivity contribution is -0.384. The van der Waals surface area contributed by atoms with Gasteiger partial charge in [-0.05, 0) is 68.3 Å². The minimum Gasteiger partial charge on any atom is -0.337 e. The normalized spacial score (nSPS) is 11.6. The predicted molar refractivity (Wildman–Crippen MR) is 116 cm³/mol. The fourth-order valence-corrected chi connectivity index (χ4v) is 3.61. The molecule has 0 radical (unpaired) electrons. The number of nitro groups is 1. The van der Waals surface area contributed by atoms with E-state index >= 15 is 0 Å². The number of nitrogens with zero attached hydrogens (tertiary/aromatic N) is 4. The van der Waals surface area contributed by atoms with Gasteiger partial charge in [0.15, 0.2) is 0 Å². The molecule has 7 nitrogen and oxygen atoms in total. The summed E-state index contributed by atoms with van der Waals surface area (Å²) in [5.74, 6) is 0.526. The molecule has 0 spiro atoms. The maximum Gasteiger partial charge on any atom is 0.269 e. The Kier molecular flexibility index (Phi) is 4.68. The summed E-state index contributed by atoms with van der Waals surface area (Å²) in [7, 11) is 0. The van der Waals surface area contributed by atoms with Crippen LogP contribution in [-0.4, -0.2) is 19.5 Å². The number of nitriles is 1. The van der Waals surface area contributed by atoms with Crippen LogP contribution < -0.4 is 0 Å². The van der Waals surface area contributed by atoms with Crippen molar-refractivity contribution in [3.63, 3.8) is 0 Å². The number of aryl methyl sites for hydroxylation is 2. The summed E-state index contributed by atoms with van der Waals surface area (Å²) in [6.45, 7) is 5.92. The van der Waals surface area contributed by atoms with Crippen LogP contribution in [0.25, 0.3) is 28.4 Å². The zero-order valence-corrected chi connectivity index (χ0v) is 16.8. The molecule has 0 bridgehead atoms. The molecule has 2 aromatic carbocycles. The number of aromatic amines is 1. The van der Waals surface area contributed by atoms with Crippen LogP contribution in [0, 0.1) is 42.2 Å². The van der Waals surface area contributed by atoms with E-state index in [4.69, 9.17) is 0 Å². The fourth-order valence-electron chi connectivity index (χ4n) is 3.61. The predicted octanol–water partition coefficient (Wildman–Crippen LogP) is 5.25. The first-order chi connectivity index (χ1) is 14.4. The number of imidazole rings is 1. The van der Waals surface area contributed by atoms with Crippen molar-refractivity contribution in [3.8, 4) is 11.8 Å². The average Bonchev–Trinajstić information content (AvgIpc) is 3.26. The molecular weight excluding hydrogens is 378 g/mol. The van der Waals surface area contributed by atoms with E-state index in [2.05, 4.69) is 16.0 Å². The summed E-state index contributed by atoms with van der Waals surface area (Å²) in [6.07, 6.45) is 1.81. The Morgan fingerprint density at radius 3 is 2.57 bits per heavy atom. The topological polar surface area (TPSA) is 101 Å².